The first-order valence-electron chi connectivity index (χ1n) is 5.59. The van der Waals surface area contributed by atoms with E-state index < -0.39 is 0 Å². The van der Waals surface area contributed by atoms with Gasteiger partial charge >= 0.3 is 5.97 Å². The van der Waals surface area contributed by atoms with Gasteiger partial charge in [-0.1, -0.05) is 23.7 Å². The monoisotopic (exact) mass is 261 g/mol. The van der Waals surface area contributed by atoms with E-state index in [1.165, 1.54) is 6.20 Å². The molecule has 0 unspecified atom stereocenters. The minimum atomic E-state index is -0.365. The van der Waals surface area contributed by atoms with Gasteiger partial charge in [0.2, 0.25) is 0 Å². The van der Waals surface area contributed by atoms with Gasteiger partial charge < -0.3 is 4.74 Å². The molecule has 3 nitrogen and oxygen atoms in total. The number of carbonyl (C=O) groups is 1. The third-order valence-corrected chi connectivity index (χ3v) is 2.72. The number of carbonyl (C=O) groups excluding carboxylic acids is 1. The second-order valence-corrected chi connectivity index (χ2v) is 4.09. The number of rotatable bonds is 3. The van der Waals surface area contributed by atoms with E-state index in [9.17, 15) is 4.79 Å². The van der Waals surface area contributed by atoms with Crippen molar-refractivity contribution in [2.24, 2.45) is 0 Å². The lowest BCUT2D eigenvalue weighted by molar-refractivity contribution is 0.0527. The third kappa shape index (κ3) is 2.68. The van der Waals surface area contributed by atoms with Crippen LogP contribution in [-0.4, -0.2) is 17.6 Å². The van der Waals surface area contributed by atoms with Crippen LogP contribution in [0.2, 0.25) is 5.02 Å². The molecule has 18 heavy (non-hydrogen) atoms. The van der Waals surface area contributed by atoms with Crippen LogP contribution in [0.4, 0.5) is 0 Å². The Hall–Kier alpha value is -1.87. The highest BCUT2D eigenvalue weighted by molar-refractivity contribution is 6.30. The van der Waals surface area contributed by atoms with Gasteiger partial charge in [-0.25, -0.2) is 4.79 Å². The van der Waals surface area contributed by atoms with Crippen LogP contribution in [0.3, 0.4) is 0 Å². The van der Waals surface area contributed by atoms with Gasteiger partial charge in [0.25, 0.3) is 0 Å². The molecule has 4 heteroatoms. The summed E-state index contributed by atoms with van der Waals surface area (Å²) in [6.07, 6.45) is 3.16. The average Bonchev–Trinajstić information content (AvgIpc) is 2.40. The molecule has 0 radical (unpaired) electrons. The number of esters is 1. The normalized spacial score (nSPS) is 10.1. The Kier molecular flexibility index (Phi) is 3.95. The SMILES string of the molecule is CCOC(=O)c1cnccc1-c1ccc(Cl)cc1. The van der Waals surface area contributed by atoms with Crippen molar-refractivity contribution in [2.45, 2.75) is 6.92 Å². The number of pyridine rings is 1. The van der Waals surface area contributed by atoms with Gasteiger partial charge in [0.1, 0.15) is 0 Å². The van der Waals surface area contributed by atoms with Crippen LogP contribution in [0, 0.1) is 0 Å². The van der Waals surface area contributed by atoms with Crippen molar-refractivity contribution in [3.05, 3.63) is 53.3 Å². The summed E-state index contributed by atoms with van der Waals surface area (Å²) in [6, 6.07) is 9.08. The molecule has 0 aliphatic heterocycles. The van der Waals surface area contributed by atoms with Gasteiger partial charge in [0.05, 0.1) is 12.2 Å². The maximum Gasteiger partial charge on any atom is 0.340 e. The zero-order valence-electron chi connectivity index (χ0n) is 9.89. The Morgan fingerprint density at radius 3 is 2.67 bits per heavy atom. The van der Waals surface area contributed by atoms with E-state index >= 15 is 0 Å². The fourth-order valence-electron chi connectivity index (χ4n) is 1.65. The van der Waals surface area contributed by atoms with E-state index in [0.29, 0.717) is 17.2 Å². The maximum absolute atomic E-state index is 11.8. The summed E-state index contributed by atoms with van der Waals surface area (Å²) in [7, 11) is 0. The molecule has 0 bridgehead atoms. The number of nitrogens with zero attached hydrogens (tertiary/aromatic N) is 1. The summed E-state index contributed by atoms with van der Waals surface area (Å²) >= 11 is 5.85. The van der Waals surface area contributed by atoms with E-state index in [1.54, 1.807) is 31.3 Å². The molecule has 1 aromatic heterocycles. The maximum atomic E-state index is 11.8. The molecule has 1 heterocycles. The molecule has 2 aromatic rings. The molecule has 0 N–H and O–H groups in total. The Bertz CT molecular complexity index is 552. The predicted molar refractivity (Wildman–Crippen MR) is 70.6 cm³/mol. The van der Waals surface area contributed by atoms with Crippen LogP contribution in [-0.2, 0) is 4.74 Å². The second kappa shape index (κ2) is 5.65. The fraction of sp³-hybridized carbons (Fsp3) is 0.143. The molecule has 0 spiro atoms. The minimum absolute atomic E-state index is 0.341. The molecular formula is C14H12ClNO2. The number of aromatic nitrogens is 1. The summed E-state index contributed by atoms with van der Waals surface area (Å²) in [5.74, 6) is -0.365. The number of hydrogen-bond donors (Lipinski definition) is 0. The molecule has 0 saturated carbocycles. The predicted octanol–water partition coefficient (Wildman–Crippen LogP) is 3.58. The molecule has 0 atom stereocenters. The molecule has 0 aliphatic rings. The van der Waals surface area contributed by atoms with Crippen molar-refractivity contribution in [2.75, 3.05) is 6.61 Å². The first-order valence-corrected chi connectivity index (χ1v) is 5.97. The molecular weight excluding hydrogens is 250 g/mol. The number of hydrogen-bond acceptors (Lipinski definition) is 3. The first kappa shape index (κ1) is 12.6. The fourth-order valence-corrected chi connectivity index (χ4v) is 1.77. The molecule has 0 saturated heterocycles. The van der Waals surface area contributed by atoms with E-state index in [0.717, 1.165) is 11.1 Å². The van der Waals surface area contributed by atoms with Gasteiger partial charge in [0, 0.05) is 17.4 Å². The Morgan fingerprint density at radius 1 is 1.28 bits per heavy atom. The summed E-state index contributed by atoms with van der Waals surface area (Å²) in [6.45, 7) is 2.12. The highest BCUT2D eigenvalue weighted by atomic mass is 35.5. The van der Waals surface area contributed by atoms with Gasteiger partial charge in [-0.15, -0.1) is 0 Å². The van der Waals surface area contributed by atoms with Gasteiger partial charge in [-0.05, 0) is 36.2 Å². The quantitative estimate of drug-likeness (QED) is 0.793. The number of ether oxygens (including phenoxy) is 1. The second-order valence-electron chi connectivity index (χ2n) is 3.65. The van der Waals surface area contributed by atoms with Crippen molar-refractivity contribution in [3.63, 3.8) is 0 Å². The van der Waals surface area contributed by atoms with Crippen LogP contribution in [0.5, 0.6) is 0 Å². The highest BCUT2D eigenvalue weighted by Crippen LogP contribution is 2.25. The van der Waals surface area contributed by atoms with Gasteiger partial charge in [-0.2, -0.15) is 0 Å². The molecule has 2 rings (SSSR count). The summed E-state index contributed by atoms with van der Waals surface area (Å²) < 4.78 is 5.01. The lowest BCUT2D eigenvalue weighted by atomic mass is 10.0. The topological polar surface area (TPSA) is 39.2 Å². The van der Waals surface area contributed by atoms with Crippen LogP contribution < -0.4 is 0 Å². The highest BCUT2D eigenvalue weighted by Gasteiger charge is 2.13. The largest absolute Gasteiger partial charge is 0.462 e. The Morgan fingerprint density at radius 2 is 2.00 bits per heavy atom. The van der Waals surface area contributed by atoms with Crippen molar-refractivity contribution in [1.29, 1.82) is 0 Å². The number of benzene rings is 1. The molecule has 0 amide bonds. The summed E-state index contributed by atoms with van der Waals surface area (Å²) in [4.78, 5) is 15.8. The molecule has 0 aliphatic carbocycles. The molecule has 1 aromatic carbocycles. The minimum Gasteiger partial charge on any atom is -0.462 e. The van der Waals surface area contributed by atoms with Crippen molar-refractivity contribution >= 4 is 17.6 Å². The lowest BCUT2D eigenvalue weighted by Gasteiger charge is -2.08. The van der Waals surface area contributed by atoms with E-state index in [2.05, 4.69) is 4.98 Å². The third-order valence-electron chi connectivity index (χ3n) is 2.47. The standard InChI is InChI=1S/C14H12ClNO2/c1-2-18-14(17)13-9-16-8-7-12(13)10-3-5-11(15)6-4-10/h3-9H,2H2,1H3. The first-order chi connectivity index (χ1) is 8.72. The number of halogens is 1. The summed E-state index contributed by atoms with van der Waals surface area (Å²) in [5.41, 5.74) is 2.16. The molecule has 0 fully saturated rings. The van der Waals surface area contributed by atoms with Crippen molar-refractivity contribution in [1.82, 2.24) is 4.98 Å². The van der Waals surface area contributed by atoms with E-state index in [1.807, 2.05) is 12.1 Å². The smallest absolute Gasteiger partial charge is 0.340 e. The lowest BCUT2D eigenvalue weighted by Crippen LogP contribution is -2.06. The van der Waals surface area contributed by atoms with Crippen LogP contribution in [0.25, 0.3) is 11.1 Å². The van der Waals surface area contributed by atoms with E-state index in [-0.39, 0.29) is 5.97 Å². The average molecular weight is 262 g/mol. The van der Waals surface area contributed by atoms with Crippen LogP contribution in [0.1, 0.15) is 17.3 Å². The van der Waals surface area contributed by atoms with Crippen LogP contribution >= 0.6 is 11.6 Å². The van der Waals surface area contributed by atoms with Gasteiger partial charge in [0.15, 0.2) is 0 Å². The Balaban J connectivity index is 2.44. The molecule has 92 valence electrons. The zero-order valence-corrected chi connectivity index (χ0v) is 10.6. The van der Waals surface area contributed by atoms with Gasteiger partial charge in [-0.3, -0.25) is 4.98 Å². The van der Waals surface area contributed by atoms with E-state index in [4.69, 9.17) is 16.3 Å². The van der Waals surface area contributed by atoms with Crippen molar-refractivity contribution < 1.29 is 9.53 Å². The van der Waals surface area contributed by atoms with Crippen molar-refractivity contribution in [3.8, 4) is 11.1 Å². The summed E-state index contributed by atoms with van der Waals surface area (Å²) in [5, 5.41) is 0.658. The Labute approximate surface area is 110 Å². The zero-order chi connectivity index (χ0) is 13.0. The van der Waals surface area contributed by atoms with Crippen LogP contribution in [0.15, 0.2) is 42.7 Å².